The summed E-state index contributed by atoms with van der Waals surface area (Å²) in [5.74, 6) is -1.43. The van der Waals surface area contributed by atoms with Gasteiger partial charge in [0.25, 0.3) is 5.91 Å². The molecular weight excluding hydrogens is 366 g/mol. The molecule has 0 unspecified atom stereocenters. The van der Waals surface area contributed by atoms with E-state index in [9.17, 15) is 14.4 Å². The highest BCUT2D eigenvalue weighted by molar-refractivity contribution is 7.14. The van der Waals surface area contributed by atoms with Gasteiger partial charge in [0.1, 0.15) is 5.69 Å². The second-order valence-corrected chi connectivity index (χ2v) is 6.87. The lowest BCUT2D eigenvalue weighted by Gasteiger charge is -2.20. The number of benzene rings is 1. The van der Waals surface area contributed by atoms with Crippen molar-refractivity contribution in [3.63, 3.8) is 0 Å². The summed E-state index contributed by atoms with van der Waals surface area (Å²) in [6.07, 6.45) is 1.56. The number of carbonyl (C=O) groups excluding carboxylic acids is 2. The maximum atomic E-state index is 12.5. The molecule has 0 bridgehead atoms. The van der Waals surface area contributed by atoms with Crippen LogP contribution in [0.15, 0.2) is 35.7 Å². The van der Waals surface area contributed by atoms with E-state index in [1.807, 2.05) is 37.3 Å². The minimum absolute atomic E-state index is 0.112. The number of hydrogen-bond acceptors (Lipinski definition) is 5. The zero-order valence-corrected chi connectivity index (χ0v) is 16.0. The Morgan fingerprint density at radius 2 is 1.89 bits per heavy atom. The number of carboxylic acid groups (broad SMARTS) is 1. The topological polar surface area (TPSA) is 99.6 Å². The van der Waals surface area contributed by atoms with Gasteiger partial charge in [0.05, 0.1) is 6.42 Å². The average Bonchev–Trinajstić information content (AvgIpc) is 3.12. The van der Waals surface area contributed by atoms with Crippen molar-refractivity contribution in [2.45, 2.75) is 32.6 Å². The summed E-state index contributed by atoms with van der Waals surface area (Å²) in [7, 11) is 0. The molecule has 0 fully saturated rings. The number of amides is 2. The van der Waals surface area contributed by atoms with Gasteiger partial charge in [-0.25, -0.2) is 4.98 Å². The quantitative estimate of drug-likeness (QED) is 0.651. The normalized spacial score (nSPS) is 10.4. The maximum Gasteiger partial charge on any atom is 0.305 e. The van der Waals surface area contributed by atoms with Gasteiger partial charge in [0.2, 0.25) is 5.91 Å². The molecule has 0 atom stereocenters. The fraction of sp³-hybridized carbons (Fsp3) is 0.368. The van der Waals surface area contributed by atoms with Crippen molar-refractivity contribution >= 4 is 34.3 Å². The molecule has 2 aromatic rings. The Bertz CT molecular complexity index is 776. The number of anilines is 1. The van der Waals surface area contributed by atoms with Crippen LogP contribution in [0.2, 0.25) is 0 Å². The van der Waals surface area contributed by atoms with Gasteiger partial charge in [0, 0.05) is 24.9 Å². The van der Waals surface area contributed by atoms with E-state index in [1.165, 1.54) is 16.2 Å². The maximum absolute atomic E-state index is 12.5. The number of aromatic nitrogens is 1. The predicted octanol–water partition coefficient (Wildman–Crippen LogP) is 3.04. The van der Waals surface area contributed by atoms with Crippen molar-refractivity contribution in [2.75, 3.05) is 18.4 Å². The molecule has 0 aliphatic heterocycles. The largest absolute Gasteiger partial charge is 0.481 e. The van der Waals surface area contributed by atoms with E-state index in [4.69, 9.17) is 5.11 Å². The monoisotopic (exact) mass is 389 g/mol. The van der Waals surface area contributed by atoms with E-state index in [2.05, 4.69) is 10.3 Å². The number of carboxylic acids is 1. The Labute approximate surface area is 162 Å². The van der Waals surface area contributed by atoms with E-state index in [0.717, 1.165) is 12.0 Å². The number of hydrogen-bond donors (Lipinski definition) is 2. The summed E-state index contributed by atoms with van der Waals surface area (Å²) in [5.41, 5.74) is 1.30. The molecule has 1 heterocycles. The van der Waals surface area contributed by atoms with Gasteiger partial charge in [-0.3, -0.25) is 14.4 Å². The van der Waals surface area contributed by atoms with Crippen LogP contribution in [0.1, 0.15) is 42.2 Å². The Morgan fingerprint density at radius 1 is 1.15 bits per heavy atom. The van der Waals surface area contributed by atoms with Crippen LogP contribution >= 0.6 is 11.3 Å². The van der Waals surface area contributed by atoms with Crippen LogP contribution in [-0.2, 0) is 16.0 Å². The first kappa shape index (κ1) is 20.6. The molecule has 0 aliphatic carbocycles. The molecule has 7 nitrogen and oxygen atoms in total. The Morgan fingerprint density at radius 3 is 2.56 bits per heavy atom. The second-order valence-electron chi connectivity index (χ2n) is 6.01. The number of rotatable bonds is 10. The molecule has 0 saturated heterocycles. The third-order valence-corrected chi connectivity index (χ3v) is 4.59. The molecule has 144 valence electrons. The second kappa shape index (κ2) is 10.4. The Balaban J connectivity index is 1.90. The fourth-order valence-corrected chi connectivity index (χ4v) is 3.19. The molecular formula is C19H23N3O4S. The van der Waals surface area contributed by atoms with Gasteiger partial charge >= 0.3 is 5.97 Å². The zero-order valence-electron chi connectivity index (χ0n) is 15.2. The number of nitrogens with one attached hydrogen (secondary N) is 1. The minimum Gasteiger partial charge on any atom is -0.481 e. The summed E-state index contributed by atoms with van der Waals surface area (Å²) in [4.78, 5) is 41.0. The van der Waals surface area contributed by atoms with Crippen molar-refractivity contribution in [1.82, 2.24) is 9.88 Å². The van der Waals surface area contributed by atoms with E-state index in [-0.39, 0.29) is 30.5 Å². The number of aryl methyl sites for hydroxylation is 1. The van der Waals surface area contributed by atoms with Crippen molar-refractivity contribution in [2.24, 2.45) is 0 Å². The highest BCUT2D eigenvalue weighted by Crippen LogP contribution is 2.18. The molecule has 0 radical (unpaired) electrons. The van der Waals surface area contributed by atoms with Gasteiger partial charge in [0.15, 0.2) is 5.13 Å². The van der Waals surface area contributed by atoms with Crippen molar-refractivity contribution < 1.29 is 19.5 Å². The molecule has 2 N–H and O–H groups in total. The molecule has 0 aliphatic rings. The van der Waals surface area contributed by atoms with E-state index >= 15 is 0 Å². The van der Waals surface area contributed by atoms with Gasteiger partial charge in [-0.2, -0.15) is 0 Å². The summed E-state index contributed by atoms with van der Waals surface area (Å²) in [6.45, 7) is 2.52. The molecule has 27 heavy (non-hydrogen) atoms. The minimum atomic E-state index is -0.950. The lowest BCUT2D eigenvalue weighted by molar-refractivity contribution is -0.137. The van der Waals surface area contributed by atoms with E-state index in [1.54, 1.807) is 5.38 Å². The van der Waals surface area contributed by atoms with Crippen molar-refractivity contribution in [3.05, 3.63) is 47.0 Å². The average molecular weight is 389 g/mol. The van der Waals surface area contributed by atoms with Gasteiger partial charge in [-0.1, -0.05) is 37.3 Å². The van der Waals surface area contributed by atoms with Crippen LogP contribution in [-0.4, -0.2) is 45.9 Å². The smallest absolute Gasteiger partial charge is 0.305 e. The van der Waals surface area contributed by atoms with Crippen LogP contribution in [0.3, 0.4) is 0 Å². The molecule has 2 rings (SSSR count). The van der Waals surface area contributed by atoms with Crippen molar-refractivity contribution in [3.8, 4) is 0 Å². The van der Waals surface area contributed by atoms with Crippen molar-refractivity contribution in [1.29, 1.82) is 0 Å². The van der Waals surface area contributed by atoms with Crippen LogP contribution in [0.5, 0.6) is 0 Å². The molecule has 1 aromatic heterocycles. The molecule has 0 saturated carbocycles. The summed E-state index contributed by atoms with van der Waals surface area (Å²) in [5, 5.41) is 13.5. The third-order valence-electron chi connectivity index (χ3n) is 3.83. The lowest BCUT2D eigenvalue weighted by atomic mass is 10.1. The highest BCUT2D eigenvalue weighted by atomic mass is 32.1. The van der Waals surface area contributed by atoms with Gasteiger partial charge in [-0.05, 0) is 18.4 Å². The Kier molecular flexibility index (Phi) is 7.94. The first-order valence-electron chi connectivity index (χ1n) is 8.80. The number of thiazole rings is 1. The van der Waals surface area contributed by atoms with Crippen LogP contribution in [0.4, 0.5) is 5.13 Å². The highest BCUT2D eigenvalue weighted by Gasteiger charge is 2.19. The molecule has 0 spiro atoms. The Hall–Kier alpha value is -2.74. The number of nitrogens with zero attached hydrogens (tertiary/aromatic N) is 2. The predicted molar refractivity (Wildman–Crippen MR) is 104 cm³/mol. The summed E-state index contributed by atoms with van der Waals surface area (Å²) in [6, 6.07) is 9.71. The molecule has 2 amide bonds. The summed E-state index contributed by atoms with van der Waals surface area (Å²) >= 11 is 1.18. The zero-order chi connectivity index (χ0) is 19.6. The molecule has 8 heteroatoms. The van der Waals surface area contributed by atoms with E-state index in [0.29, 0.717) is 24.5 Å². The van der Waals surface area contributed by atoms with E-state index < -0.39 is 5.97 Å². The van der Waals surface area contributed by atoms with Gasteiger partial charge in [-0.15, -0.1) is 11.3 Å². The van der Waals surface area contributed by atoms with Crippen LogP contribution < -0.4 is 5.32 Å². The molecule has 1 aromatic carbocycles. The van der Waals surface area contributed by atoms with Crippen LogP contribution in [0, 0.1) is 0 Å². The number of carbonyl (C=O) groups is 3. The van der Waals surface area contributed by atoms with Gasteiger partial charge < -0.3 is 15.3 Å². The third kappa shape index (κ3) is 6.82. The lowest BCUT2D eigenvalue weighted by Crippen LogP contribution is -2.34. The first-order chi connectivity index (χ1) is 13.0. The number of aliphatic carboxylic acids is 1. The SMILES string of the molecule is CCCN(CCC(=O)O)C(=O)c1csc(NC(=O)CCc2ccccc2)n1. The van der Waals surface area contributed by atoms with Crippen LogP contribution in [0.25, 0.3) is 0 Å². The first-order valence-corrected chi connectivity index (χ1v) is 9.68. The standard InChI is InChI=1S/C19H23N3O4S/c1-2-11-22(12-10-17(24)25)18(26)15-13-27-19(20-15)21-16(23)9-8-14-6-4-3-5-7-14/h3-7,13H,2,8-12H2,1H3,(H,24,25)(H,20,21,23). The fourth-order valence-electron chi connectivity index (χ4n) is 2.49. The summed E-state index contributed by atoms with van der Waals surface area (Å²) < 4.78 is 0.